The maximum absolute atomic E-state index is 12.3. The average molecular weight is 389 g/mol. The molecule has 0 bridgehead atoms. The number of aryl methyl sites for hydroxylation is 1. The summed E-state index contributed by atoms with van der Waals surface area (Å²) >= 11 is 5.99. The van der Waals surface area contributed by atoms with Gasteiger partial charge in [-0.25, -0.2) is 0 Å². The summed E-state index contributed by atoms with van der Waals surface area (Å²) in [5, 5.41) is 14.3. The van der Waals surface area contributed by atoms with Crippen molar-refractivity contribution >= 4 is 34.6 Å². The van der Waals surface area contributed by atoms with E-state index in [1.807, 2.05) is 13.0 Å². The van der Waals surface area contributed by atoms with Crippen LogP contribution in [-0.4, -0.2) is 48.5 Å². The van der Waals surface area contributed by atoms with Gasteiger partial charge >= 0.3 is 0 Å². The monoisotopic (exact) mass is 388 g/mol. The average Bonchev–Trinajstić information content (AvgIpc) is 2.65. The number of halogens is 1. The van der Waals surface area contributed by atoms with Crippen molar-refractivity contribution in [1.82, 2.24) is 4.90 Å². The van der Waals surface area contributed by atoms with Crippen LogP contribution in [0.25, 0.3) is 0 Å². The first-order valence-corrected chi connectivity index (χ1v) is 9.08. The summed E-state index contributed by atoms with van der Waals surface area (Å²) in [5.41, 5.74) is 2.75. The van der Waals surface area contributed by atoms with E-state index in [2.05, 4.69) is 15.1 Å². The Morgan fingerprint density at radius 1 is 1.15 bits per heavy atom. The number of hydrogen-bond donors (Lipinski definition) is 1. The van der Waals surface area contributed by atoms with Gasteiger partial charge in [0.2, 0.25) is 5.91 Å². The van der Waals surface area contributed by atoms with Crippen molar-refractivity contribution in [1.29, 1.82) is 0 Å². The highest BCUT2D eigenvalue weighted by Gasteiger charge is 2.20. The van der Waals surface area contributed by atoms with E-state index in [4.69, 9.17) is 11.6 Å². The number of carbonyl (C=O) groups is 1. The van der Waals surface area contributed by atoms with Gasteiger partial charge in [-0.3, -0.25) is 19.8 Å². The topological polar surface area (TPSA) is 78.7 Å². The standard InChI is InChI=1S/C19H21ClN4O3/c1-14-2-3-15(20)12-18(14)21-19(25)13-22-8-10-23(11-9-22)16-4-6-17(7-5-16)24(26)27/h2-7,12H,8-11,13H2,1H3,(H,21,25). The Kier molecular flexibility index (Phi) is 5.93. The van der Waals surface area contributed by atoms with Crippen molar-refractivity contribution in [3.63, 3.8) is 0 Å². The molecule has 1 saturated heterocycles. The smallest absolute Gasteiger partial charge is 0.269 e. The van der Waals surface area contributed by atoms with Gasteiger partial charge in [-0.1, -0.05) is 17.7 Å². The van der Waals surface area contributed by atoms with Gasteiger partial charge in [-0.05, 0) is 36.8 Å². The van der Waals surface area contributed by atoms with Crippen molar-refractivity contribution in [2.24, 2.45) is 0 Å². The van der Waals surface area contributed by atoms with Crippen LogP contribution in [0, 0.1) is 17.0 Å². The first-order chi connectivity index (χ1) is 12.9. The highest BCUT2D eigenvalue weighted by atomic mass is 35.5. The first kappa shape index (κ1) is 19.1. The van der Waals surface area contributed by atoms with E-state index in [1.165, 1.54) is 12.1 Å². The fourth-order valence-corrected chi connectivity index (χ4v) is 3.24. The summed E-state index contributed by atoms with van der Waals surface area (Å²) in [6, 6.07) is 12.0. The Morgan fingerprint density at radius 2 is 1.81 bits per heavy atom. The van der Waals surface area contributed by atoms with E-state index in [1.54, 1.807) is 24.3 Å². The number of nitrogens with zero attached hydrogens (tertiary/aromatic N) is 3. The lowest BCUT2D eigenvalue weighted by molar-refractivity contribution is -0.384. The predicted octanol–water partition coefficient (Wildman–Crippen LogP) is 3.32. The number of non-ortho nitro benzene ring substituents is 1. The molecule has 2 aromatic rings. The molecule has 0 unspecified atom stereocenters. The fourth-order valence-electron chi connectivity index (χ4n) is 3.07. The summed E-state index contributed by atoms with van der Waals surface area (Å²) in [6.45, 7) is 5.27. The number of piperazine rings is 1. The van der Waals surface area contributed by atoms with E-state index in [-0.39, 0.29) is 11.6 Å². The molecule has 8 heteroatoms. The molecular weight excluding hydrogens is 368 g/mol. The second kappa shape index (κ2) is 8.37. The van der Waals surface area contributed by atoms with Gasteiger partial charge < -0.3 is 10.2 Å². The van der Waals surface area contributed by atoms with Crippen LogP contribution in [0.15, 0.2) is 42.5 Å². The Hall–Kier alpha value is -2.64. The van der Waals surface area contributed by atoms with E-state index in [9.17, 15) is 14.9 Å². The lowest BCUT2D eigenvalue weighted by atomic mass is 10.2. The number of amides is 1. The fraction of sp³-hybridized carbons (Fsp3) is 0.316. The molecule has 0 atom stereocenters. The Labute approximate surface area is 162 Å². The largest absolute Gasteiger partial charge is 0.369 e. The molecular formula is C19H21ClN4O3. The molecule has 0 aliphatic carbocycles. The maximum atomic E-state index is 12.3. The third-order valence-corrected chi connectivity index (χ3v) is 4.87. The number of nitro groups is 1. The van der Waals surface area contributed by atoms with Crippen molar-refractivity contribution in [2.45, 2.75) is 6.92 Å². The highest BCUT2D eigenvalue weighted by molar-refractivity contribution is 6.31. The predicted molar refractivity (Wildman–Crippen MR) is 107 cm³/mol. The van der Waals surface area contributed by atoms with Gasteiger partial charge in [0.1, 0.15) is 0 Å². The Morgan fingerprint density at radius 3 is 2.44 bits per heavy atom. The van der Waals surface area contributed by atoms with Crippen molar-refractivity contribution in [3.05, 3.63) is 63.2 Å². The normalized spacial score (nSPS) is 14.8. The Bertz CT molecular complexity index is 833. The quantitative estimate of drug-likeness (QED) is 0.628. The molecule has 0 saturated carbocycles. The van der Waals surface area contributed by atoms with Crippen LogP contribution < -0.4 is 10.2 Å². The molecule has 1 N–H and O–H groups in total. The molecule has 27 heavy (non-hydrogen) atoms. The van der Waals surface area contributed by atoms with Crippen molar-refractivity contribution in [3.8, 4) is 0 Å². The van der Waals surface area contributed by atoms with E-state index in [0.717, 1.165) is 43.1 Å². The van der Waals surface area contributed by atoms with Gasteiger partial charge in [-0.2, -0.15) is 0 Å². The minimum Gasteiger partial charge on any atom is -0.369 e. The molecule has 2 aromatic carbocycles. The lowest BCUT2D eigenvalue weighted by Gasteiger charge is -2.35. The van der Waals surface area contributed by atoms with Gasteiger partial charge in [0.25, 0.3) is 5.69 Å². The third kappa shape index (κ3) is 4.96. The van der Waals surface area contributed by atoms with Crippen LogP contribution in [-0.2, 0) is 4.79 Å². The van der Waals surface area contributed by atoms with E-state index < -0.39 is 4.92 Å². The molecule has 1 fully saturated rings. The number of hydrogen-bond acceptors (Lipinski definition) is 5. The Balaban J connectivity index is 1.51. The molecule has 0 radical (unpaired) electrons. The number of anilines is 2. The van der Waals surface area contributed by atoms with Crippen LogP contribution in [0.1, 0.15) is 5.56 Å². The molecule has 1 aliphatic rings. The number of benzene rings is 2. The minimum absolute atomic E-state index is 0.0656. The second-order valence-electron chi connectivity index (χ2n) is 6.54. The van der Waals surface area contributed by atoms with Crippen LogP contribution in [0.5, 0.6) is 0 Å². The molecule has 0 spiro atoms. The van der Waals surface area contributed by atoms with Crippen LogP contribution in [0.2, 0.25) is 5.02 Å². The van der Waals surface area contributed by atoms with E-state index >= 15 is 0 Å². The maximum Gasteiger partial charge on any atom is 0.269 e. The lowest BCUT2D eigenvalue weighted by Crippen LogP contribution is -2.48. The van der Waals surface area contributed by atoms with Gasteiger partial charge in [-0.15, -0.1) is 0 Å². The first-order valence-electron chi connectivity index (χ1n) is 8.70. The second-order valence-corrected chi connectivity index (χ2v) is 6.98. The molecule has 3 rings (SSSR count). The van der Waals surface area contributed by atoms with Crippen LogP contribution >= 0.6 is 11.6 Å². The molecule has 1 aliphatic heterocycles. The number of carbonyl (C=O) groups excluding carboxylic acids is 1. The molecule has 142 valence electrons. The molecule has 7 nitrogen and oxygen atoms in total. The zero-order valence-corrected chi connectivity index (χ0v) is 15.8. The number of nitro benzene ring substituents is 1. The van der Waals surface area contributed by atoms with Crippen LogP contribution in [0.4, 0.5) is 17.1 Å². The van der Waals surface area contributed by atoms with Gasteiger partial charge in [0, 0.05) is 54.7 Å². The molecule has 1 amide bonds. The highest BCUT2D eigenvalue weighted by Crippen LogP contribution is 2.22. The van der Waals surface area contributed by atoms with Crippen LogP contribution in [0.3, 0.4) is 0 Å². The zero-order chi connectivity index (χ0) is 19.4. The molecule has 1 heterocycles. The number of nitrogens with one attached hydrogen (secondary N) is 1. The zero-order valence-electron chi connectivity index (χ0n) is 15.0. The van der Waals surface area contributed by atoms with Gasteiger partial charge in [0.15, 0.2) is 0 Å². The summed E-state index contributed by atoms with van der Waals surface area (Å²) in [6.07, 6.45) is 0. The SMILES string of the molecule is Cc1ccc(Cl)cc1NC(=O)CN1CCN(c2ccc([N+](=O)[O-])cc2)CC1. The van der Waals surface area contributed by atoms with E-state index in [0.29, 0.717) is 11.6 Å². The van der Waals surface area contributed by atoms with Gasteiger partial charge in [0.05, 0.1) is 11.5 Å². The summed E-state index contributed by atoms with van der Waals surface area (Å²) in [4.78, 5) is 26.9. The number of rotatable bonds is 5. The summed E-state index contributed by atoms with van der Waals surface area (Å²) in [5.74, 6) is -0.0656. The third-order valence-electron chi connectivity index (χ3n) is 4.64. The van der Waals surface area contributed by atoms with Crippen molar-refractivity contribution < 1.29 is 9.72 Å². The van der Waals surface area contributed by atoms with Crippen molar-refractivity contribution in [2.75, 3.05) is 42.9 Å². The molecule has 0 aromatic heterocycles. The minimum atomic E-state index is -0.401. The summed E-state index contributed by atoms with van der Waals surface area (Å²) in [7, 11) is 0. The summed E-state index contributed by atoms with van der Waals surface area (Å²) < 4.78 is 0.